The molecule has 174 valence electrons. The number of aromatic nitrogens is 1. The second-order valence-electron chi connectivity index (χ2n) is 7.79. The first-order valence-electron chi connectivity index (χ1n) is 10.6. The third-order valence-electron chi connectivity index (χ3n) is 5.48. The van der Waals surface area contributed by atoms with E-state index < -0.39 is 15.8 Å². The summed E-state index contributed by atoms with van der Waals surface area (Å²) in [5.41, 5.74) is 2.01. The molecule has 1 fully saturated rings. The van der Waals surface area contributed by atoms with Crippen LogP contribution in [-0.2, 0) is 14.8 Å². The zero-order valence-corrected chi connectivity index (χ0v) is 19.6. The number of hydrogen-bond acceptors (Lipinski definition) is 4. The summed E-state index contributed by atoms with van der Waals surface area (Å²) < 4.78 is 40.4. The number of nitrogens with zero attached hydrogens (tertiary/aromatic N) is 2. The third-order valence-corrected chi connectivity index (χ3v) is 7.67. The van der Waals surface area contributed by atoms with E-state index in [2.05, 4.69) is 22.1 Å². The molecule has 6 nitrogen and oxygen atoms in total. The summed E-state index contributed by atoms with van der Waals surface area (Å²) in [7, 11) is -3.81. The first-order chi connectivity index (χ1) is 16.3. The number of benzene rings is 2. The summed E-state index contributed by atoms with van der Waals surface area (Å²) in [6, 6.07) is 16.0. The Balaban J connectivity index is 1.37. The fourth-order valence-electron chi connectivity index (χ4n) is 3.64. The number of sulfonamides is 1. The van der Waals surface area contributed by atoms with E-state index in [0.717, 1.165) is 17.7 Å². The molecule has 1 aromatic heterocycles. The molecule has 1 amide bonds. The number of halogens is 2. The Kier molecular flexibility index (Phi) is 7.27. The highest BCUT2D eigenvalue weighted by molar-refractivity contribution is 7.89. The van der Waals surface area contributed by atoms with Crippen molar-refractivity contribution >= 4 is 33.2 Å². The van der Waals surface area contributed by atoms with Gasteiger partial charge in [0.25, 0.3) is 0 Å². The van der Waals surface area contributed by atoms with Crippen LogP contribution >= 0.6 is 11.6 Å². The van der Waals surface area contributed by atoms with Gasteiger partial charge in [0.15, 0.2) is 0 Å². The molecular weight excluding hydrogens is 477 g/mol. The smallest absolute Gasteiger partial charge is 0.243 e. The van der Waals surface area contributed by atoms with Crippen molar-refractivity contribution in [3.05, 3.63) is 89.0 Å². The lowest BCUT2D eigenvalue weighted by Gasteiger charge is -2.30. The van der Waals surface area contributed by atoms with Gasteiger partial charge in [-0.25, -0.2) is 17.8 Å². The van der Waals surface area contributed by atoms with Crippen molar-refractivity contribution in [2.45, 2.75) is 17.7 Å². The van der Waals surface area contributed by atoms with Crippen LogP contribution in [0.2, 0.25) is 5.02 Å². The molecule has 9 heteroatoms. The maximum atomic E-state index is 13.4. The lowest BCUT2D eigenvalue weighted by molar-refractivity contribution is -0.120. The van der Waals surface area contributed by atoms with Crippen LogP contribution in [0, 0.1) is 23.6 Å². The molecule has 0 atom stereocenters. The fraction of sp³-hybridized carbons (Fsp3) is 0.200. The number of amides is 1. The van der Waals surface area contributed by atoms with E-state index >= 15 is 0 Å². The second kappa shape index (κ2) is 10.3. The minimum absolute atomic E-state index is 0.0644. The second-order valence-corrected chi connectivity index (χ2v) is 10.1. The largest absolute Gasteiger partial charge is 0.326 e. The highest BCUT2D eigenvalue weighted by Gasteiger charge is 2.32. The van der Waals surface area contributed by atoms with Gasteiger partial charge in [-0.3, -0.25) is 4.79 Å². The van der Waals surface area contributed by atoms with Crippen molar-refractivity contribution < 1.29 is 17.6 Å². The molecule has 4 rings (SSSR count). The highest BCUT2D eigenvalue weighted by Crippen LogP contribution is 2.27. The standard InChI is InChI=1S/C25H21ClFN3O3S/c26-23-17-22(9-10-24(23)27)34(32,33)30-14-11-19(12-15-30)25(31)29-21-6-3-4-18(16-21)7-8-20-5-1-2-13-28-20/h1-6,9-10,13,16-17,19H,11-12,14-15H2,(H,29,31). The number of piperidine rings is 1. The molecule has 2 aromatic carbocycles. The van der Waals surface area contributed by atoms with E-state index in [9.17, 15) is 17.6 Å². The van der Waals surface area contributed by atoms with E-state index in [4.69, 9.17) is 11.6 Å². The van der Waals surface area contributed by atoms with Gasteiger partial charge in [-0.15, -0.1) is 0 Å². The van der Waals surface area contributed by atoms with Gasteiger partial charge >= 0.3 is 0 Å². The van der Waals surface area contributed by atoms with Crippen molar-refractivity contribution in [3.8, 4) is 11.8 Å². The van der Waals surface area contributed by atoms with E-state index in [0.29, 0.717) is 24.2 Å². The van der Waals surface area contributed by atoms with Crippen molar-refractivity contribution in [1.29, 1.82) is 0 Å². The summed E-state index contributed by atoms with van der Waals surface area (Å²) in [4.78, 5) is 16.9. The fourth-order valence-corrected chi connectivity index (χ4v) is 5.38. The molecular formula is C25H21ClFN3O3S. The first kappa shape index (κ1) is 23.9. The molecule has 2 heterocycles. The molecule has 1 N–H and O–H groups in total. The maximum absolute atomic E-state index is 13.4. The Morgan fingerprint density at radius 1 is 1.06 bits per heavy atom. The predicted octanol–water partition coefficient (Wildman–Crippen LogP) is 4.31. The summed E-state index contributed by atoms with van der Waals surface area (Å²) in [5.74, 6) is 4.83. The van der Waals surface area contributed by atoms with Crippen LogP contribution in [0.3, 0.4) is 0 Å². The number of nitrogens with one attached hydrogen (secondary N) is 1. The summed E-state index contributed by atoms with van der Waals surface area (Å²) in [5, 5.41) is 2.65. The van der Waals surface area contributed by atoms with Gasteiger partial charge in [-0.2, -0.15) is 4.31 Å². The molecule has 0 bridgehead atoms. The predicted molar refractivity (Wildman–Crippen MR) is 128 cm³/mol. The van der Waals surface area contributed by atoms with Gasteiger partial charge in [0, 0.05) is 36.5 Å². The Labute approximate surface area is 202 Å². The molecule has 3 aromatic rings. The molecule has 0 unspecified atom stereocenters. The summed E-state index contributed by atoms with van der Waals surface area (Å²) >= 11 is 5.74. The van der Waals surface area contributed by atoms with Crippen LogP contribution in [0.25, 0.3) is 0 Å². The SMILES string of the molecule is O=C(Nc1cccc(C#Cc2ccccn2)c1)C1CCN(S(=O)(=O)c2ccc(F)c(Cl)c2)CC1. The molecule has 0 spiro atoms. The van der Waals surface area contributed by atoms with Crippen LogP contribution < -0.4 is 5.32 Å². The van der Waals surface area contributed by atoms with Crippen LogP contribution in [0.1, 0.15) is 24.1 Å². The minimum atomic E-state index is -3.81. The van der Waals surface area contributed by atoms with Crippen molar-refractivity contribution in [3.63, 3.8) is 0 Å². The summed E-state index contributed by atoms with van der Waals surface area (Å²) in [6.07, 6.45) is 2.42. The lowest BCUT2D eigenvalue weighted by atomic mass is 9.97. The maximum Gasteiger partial charge on any atom is 0.243 e. The molecule has 0 radical (unpaired) electrons. The molecule has 0 saturated carbocycles. The molecule has 1 aliphatic heterocycles. The van der Waals surface area contributed by atoms with Gasteiger partial charge in [0.1, 0.15) is 11.5 Å². The van der Waals surface area contributed by atoms with Gasteiger partial charge in [-0.1, -0.05) is 29.7 Å². The number of carbonyl (C=O) groups is 1. The number of hydrogen-bond donors (Lipinski definition) is 1. The highest BCUT2D eigenvalue weighted by atomic mass is 35.5. The van der Waals surface area contributed by atoms with Gasteiger partial charge in [0.2, 0.25) is 15.9 Å². The monoisotopic (exact) mass is 497 g/mol. The number of pyridine rings is 1. The van der Waals surface area contributed by atoms with Gasteiger partial charge in [0.05, 0.1) is 9.92 Å². The van der Waals surface area contributed by atoms with E-state index in [-0.39, 0.29) is 34.8 Å². The zero-order valence-electron chi connectivity index (χ0n) is 18.0. The summed E-state index contributed by atoms with van der Waals surface area (Å²) in [6.45, 7) is 0.371. The molecule has 0 aliphatic carbocycles. The van der Waals surface area contributed by atoms with E-state index in [1.165, 1.54) is 10.4 Å². The van der Waals surface area contributed by atoms with Crippen molar-refractivity contribution in [2.75, 3.05) is 18.4 Å². The Morgan fingerprint density at radius 2 is 1.85 bits per heavy atom. The Bertz CT molecular complexity index is 1360. The quantitative estimate of drug-likeness (QED) is 0.545. The number of carbonyl (C=O) groups excluding carboxylic acids is 1. The molecule has 1 aliphatic rings. The number of rotatable bonds is 4. The average Bonchev–Trinajstić information content (AvgIpc) is 2.85. The Hall–Kier alpha value is -3.25. The zero-order chi connectivity index (χ0) is 24.1. The Morgan fingerprint density at radius 3 is 2.56 bits per heavy atom. The van der Waals surface area contributed by atoms with Crippen LogP contribution in [0.4, 0.5) is 10.1 Å². The lowest BCUT2D eigenvalue weighted by Crippen LogP contribution is -2.41. The van der Waals surface area contributed by atoms with Gasteiger partial charge in [-0.05, 0) is 67.3 Å². The van der Waals surface area contributed by atoms with E-state index in [1.807, 2.05) is 24.3 Å². The topological polar surface area (TPSA) is 79.4 Å². The van der Waals surface area contributed by atoms with Crippen molar-refractivity contribution in [2.24, 2.45) is 5.92 Å². The average molecular weight is 498 g/mol. The van der Waals surface area contributed by atoms with Crippen LogP contribution in [0.5, 0.6) is 0 Å². The molecule has 34 heavy (non-hydrogen) atoms. The molecule has 1 saturated heterocycles. The minimum Gasteiger partial charge on any atom is -0.326 e. The van der Waals surface area contributed by atoms with Crippen LogP contribution in [-0.4, -0.2) is 36.7 Å². The first-order valence-corrected chi connectivity index (χ1v) is 12.4. The van der Waals surface area contributed by atoms with Gasteiger partial charge < -0.3 is 5.32 Å². The van der Waals surface area contributed by atoms with Crippen molar-refractivity contribution in [1.82, 2.24) is 9.29 Å². The number of anilines is 1. The third kappa shape index (κ3) is 5.62. The van der Waals surface area contributed by atoms with Crippen LogP contribution in [0.15, 0.2) is 71.8 Å². The normalized spacial score (nSPS) is 14.8. The van der Waals surface area contributed by atoms with E-state index in [1.54, 1.807) is 24.4 Å².